The predicted octanol–water partition coefficient (Wildman–Crippen LogP) is 4.44. The Morgan fingerprint density at radius 3 is 2.56 bits per heavy atom. The molecule has 2 heterocycles. The molecule has 1 aliphatic heterocycles. The molecular formula is C26H23ClN4O4S. The molecule has 184 valence electrons. The van der Waals surface area contributed by atoms with Crippen molar-refractivity contribution in [2.75, 3.05) is 16.8 Å². The number of aromatic nitrogens is 1. The van der Waals surface area contributed by atoms with Gasteiger partial charge in [-0.15, -0.1) is 0 Å². The van der Waals surface area contributed by atoms with Crippen LogP contribution in [0.1, 0.15) is 29.4 Å². The number of rotatable bonds is 8. The number of carbonyl (C=O) groups is 3. The van der Waals surface area contributed by atoms with Crippen LogP contribution in [0.25, 0.3) is 0 Å². The smallest absolute Gasteiger partial charge is 0.338 e. The van der Waals surface area contributed by atoms with Gasteiger partial charge in [-0.1, -0.05) is 23.7 Å². The molecule has 4 rings (SSSR count). The molecule has 10 heteroatoms. The number of nitrogens with one attached hydrogen (secondary N) is 1. The van der Waals surface area contributed by atoms with E-state index in [1.807, 2.05) is 12.1 Å². The van der Waals surface area contributed by atoms with E-state index in [1.165, 1.54) is 4.90 Å². The van der Waals surface area contributed by atoms with Crippen molar-refractivity contribution in [2.45, 2.75) is 25.9 Å². The fourth-order valence-corrected chi connectivity index (χ4v) is 4.40. The topological polar surface area (TPSA) is 91.8 Å². The summed E-state index contributed by atoms with van der Waals surface area (Å²) in [6.07, 6.45) is 1.52. The van der Waals surface area contributed by atoms with Crippen molar-refractivity contribution in [3.63, 3.8) is 0 Å². The van der Waals surface area contributed by atoms with Gasteiger partial charge in [0, 0.05) is 16.9 Å². The molecule has 8 nitrogen and oxygen atoms in total. The highest BCUT2D eigenvalue weighted by Crippen LogP contribution is 2.30. The van der Waals surface area contributed by atoms with Crippen LogP contribution in [0.15, 0.2) is 72.9 Å². The summed E-state index contributed by atoms with van der Waals surface area (Å²) in [6.45, 7) is 2.26. The predicted molar refractivity (Wildman–Crippen MR) is 141 cm³/mol. The lowest BCUT2D eigenvalue weighted by Gasteiger charge is -2.23. The Bertz CT molecular complexity index is 1290. The first kappa shape index (κ1) is 25.3. The van der Waals surface area contributed by atoms with Gasteiger partial charge in [0.25, 0.3) is 5.91 Å². The third-order valence-electron chi connectivity index (χ3n) is 5.50. The average molecular weight is 523 g/mol. The lowest BCUT2D eigenvalue weighted by molar-refractivity contribution is -0.124. The molecule has 1 atom stereocenters. The number of hydrogen-bond donors (Lipinski definition) is 1. The van der Waals surface area contributed by atoms with Crippen molar-refractivity contribution in [1.82, 2.24) is 9.88 Å². The number of esters is 1. The van der Waals surface area contributed by atoms with E-state index in [-0.39, 0.29) is 36.5 Å². The third-order valence-corrected chi connectivity index (χ3v) is 6.15. The Morgan fingerprint density at radius 2 is 1.89 bits per heavy atom. The maximum absolute atomic E-state index is 13.5. The highest BCUT2D eigenvalue weighted by atomic mass is 35.5. The van der Waals surface area contributed by atoms with Gasteiger partial charge in [-0.3, -0.25) is 19.5 Å². The Morgan fingerprint density at radius 1 is 1.11 bits per heavy atom. The average Bonchev–Trinajstić information content (AvgIpc) is 3.09. The zero-order valence-electron chi connectivity index (χ0n) is 19.4. The molecule has 0 aliphatic carbocycles. The van der Waals surface area contributed by atoms with Gasteiger partial charge in [0.05, 0.1) is 36.5 Å². The molecular weight excluding hydrogens is 500 g/mol. The molecule has 0 unspecified atom stereocenters. The number of hydrogen-bond acceptors (Lipinski definition) is 6. The second-order valence-electron chi connectivity index (χ2n) is 7.95. The fourth-order valence-electron chi connectivity index (χ4n) is 3.82. The van der Waals surface area contributed by atoms with Crippen LogP contribution in [0.5, 0.6) is 0 Å². The molecule has 0 spiro atoms. The third kappa shape index (κ3) is 5.69. The van der Waals surface area contributed by atoms with Gasteiger partial charge in [0.2, 0.25) is 5.91 Å². The van der Waals surface area contributed by atoms with E-state index in [4.69, 9.17) is 28.6 Å². The summed E-state index contributed by atoms with van der Waals surface area (Å²) in [7, 11) is 0. The van der Waals surface area contributed by atoms with Crippen molar-refractivity contribution in [1.29, 1.82) is 0 Å². The summed E-state index contributed by atoms with van der Waals surface area (Å²) in [5.74, 6) is -1.14. The minimum Gasteiger partial charge on any atom is -0.462 e. The molecule has 1 saturated heterocycles. The van der Waals surface area contributed by atoms with E-state index in [1.54, 1.807) is 72.6 Å². The summed E-state index contributed by atoms with van der Waals surface area (Å²) in [5, 5.41) is 3.51. The van der Waals surface area contributed by atoms with Crippen LogP contribution in [0.3, 0.4) is 0 Å². The van der Waals surface area contributed by atoms with E-state index in [0.29, 0.717) is 27.7 Å². The first-order chi connectivity index (χ1) is 17.4. The molecule has 1 aliphatic rings. The molecule has 0 bridgehead atoms. The monoisotopic (exact) mass is 522 g/mol. The molecule has 0 saturated carbocycles. The maximum atomic E-state index is 13.5. The van der Waals surface area contributed by atoms with Gasteiger partial charge in [0.1, 0.15) is 6.04 Å². The molecule has 0 radical (unpaired) electrons. The first-order valence-corrected chi connectivity index (χ1v) is 12.0. The number of ether oxygens (including phenoxy) is 1. The highest BCUT2D eigenvalue weighted by Gasteiger charge is 2.44. The molecule has 2 aromatic carbocycles. The summed E-state index contributed by atoms with van der Waals surface area (Å²) in [5.41, 5.74) is 2.11. The van der Waals surface area contributed by atoms with Crippen LogP contribution in [0, 0.1) is 0 Å². The number of anilines is 2. The Hall–Kier alpha value is -3.82. The first-order valence-electron chi connectivity index (χ1n) is 11.2. The van der Waals surface area contributed by atoms with Crippen molar-refractivity contribution in [3.8, 4) is 0 Å². The standard InChI is InChI=1S/C26H23ClN4O4S/c1-2-35-25(34)17-9-11-19(12-10-17)29-23(32)15-22-24(33)31(21-8-5-6-18(27)14-21)26(36)30(22)16-20-7-3-4-13-28-20/h3-14,22H,2,15-16H2,1H3,(H,29,32)/t22-/m1/s1. The number of amides is 2. The number of nitrogens with zero attached hydrogens (tertiary/aromatic N) is 3. The zero-order chi connectivity index (χ0) is 25.7. The van der Waals surface area contributed by atoms with Crippen LogP contribution in [0.4, 0.5) is 11.4 Å². The van der Waals surface area contributed by atoms with Gasteiger partial charge < -0.3 is 15.0 Å². The quantitative estimate of drug-likeness (QED) is 0.345. The summed E-state index contributed by atoms with van der Waals surface area (Å²) < 4.78 is 4.97. The SMILES string of the molecule is CCOC(=O)c1ccc(NC(=O)C[C@@H]2C(=O)N(c3cccc(Cl)c3)C(=S)N2Cc2ccccn2)cc1. The van der Waals surface area contributed by atoms with Crippen molar-refractivity contribution in [2.24, 2.45) is 0 Å². The molecule has 1 fully saturated rings. The second-order valence-corrected chi connectivity index (χ2v) is 8.75. The van der Waals surface area contributed by atoms with Gasteiger partial charge in [0.15, 0.2) is 5.11 Å². The van der Waals surface area contributed by atoms with Crippen molar-refractivity contribution in [3.05, 3.63) is 89.2 Å². The van der Waals surface area contributed by atoms with Crippen LogP contribution in [-0.2, 0) is 20.9 Å². The van der Waals surface area contributed by atoms with E-state index in [2.05, 4.69) is 10.3 Å². The number of pyridine rings is 1. The van der Waals surface area contributed by atoms with Crippen LogP contribution < -0.4 is 10.2 Å². The Labute approximate surface area is 218 Å². The second kappa shape index (κ2) is 11.3. The summed E-state index contributed by atoms with van der Waals surface area (Å²) in [6, 6.07) is 17.8. The summed E-state index contributed by atoms with van der Waals surface area (Å²) in [4.78, 5) is 45.7. The Kier molecular flexibility index (Phi) is 7.92. The lowest BCUT2D eigenvalue weighted by Crippen LogP contribution is -2.37. The van der Waals surface area contributed by atoms with Gasteiger partial charge >= 0.3 is 5.97 Å². The number of thiocarbonyl (C=S) groups is 1. The molecule has 1 aromatic heterocycles. The van der Waals surface area contributed by atoms with E-state index < -0.39 is 12.0 Å². The van der Waals surface area contributed by atoms with Crippen molar-refractivity contribution < 1.29 is 19.1 Å². The van der Waals surface area contributed by atoms with Crippen LogP contribution in [0.2, 0.25) is 5.02 Å². The number of halogens is 1. The van der Waals surface area contributed by atoms with E-state index >= 15 is 0 Å². The minimum absolute atomic E-state index is 0.136. The van der Waals surface area contributed by atoms with Crippen molar-refractivity contribution >= 4 is 58.1 Å². The molecule has 1 N–H and O–H groups in total. The largest absolute Gasteiger partial charge is 0.462 e. The fraction of sp³-hybridized carbons (Fsp3) is 0.192. The van der Waals surface area contributed by atoms with Gasteiger partial charge in [-0.2, -0.15) is 0 Å². The molecule has 36 heavy (non-hydrogen) atoms. The zero-order valence-corrected chi connectivity index (χ0v) is 21.0. The molecule has 3 aromatic rings. The summed E-state index contributed by atoms with van der Waals surface area (Å²) >= 11 is 11.8. The number of carbonyl (C=O) groups excluding carboxylic acids is 3. The van der Waals surface area contributed by atoms with Gasteiger partial charge in [-0.25, -0.2) is 4.79 Å². The Balaban J connectivity index is 1.54. The molecule has 2 amide bonds. The minimum atomic E-state index is -0.836. The number of benzene rings is 2. The maximum Gasteiger partial charge on any atom is 0.338 e. The normalized spacial score (nSPS) is 15.2. The van der Waals surface area contributed by atoms with Crippen LogP contribution >= 0.6 is 23.8 Å². The van der Waals surface area contributed by atoms with E-state index in [9.17, 15) is 14.4 Å². The highest BCUT2D eigenvalue weighted by molar-refractivity contribution is 7.80. The lowest BCUT2D eigenvalue weighted by atomic mass is 10.1. The van der Waals surface area contributed by atoms with E-state index in [0.717, 1.165) is 0 Å². The van der Waals surface area contributed by atoms with Crippen LogP contribution in [-0.4, -0.2) is 45.4 Å². The van der Waals surface area contributed by atoms with Gasteiger partial charge in [-0.05, 0) is 73.7 Å².